The van der Waals surface area contributed by atoms with Crippen LogP contribution < -0.4 is 15.4 Å². The minimum Gasteiger partial charge on any atom is -0.494 e. The van der Waals surface area contributed by atoms with Gasteiger partial charge in [-0.15, -0.1) is 0 Å². The molecule has 0 aliphatic carbocycles. The molecule has 6 heteroatoms. The number of hydrogen-bond donors (Lipinski definition) is 3. The molecule has 1 aromatic carbocycles. The number of nitrogens with one attached hydrogen (secondary N) is 2. The van der Waals surface area contributed by atoms with Crippen molar-refractivity contribution in [1.82, 2.24) is 5.32 Å². The van der Waals surface area contributed by atoms with E-state index < -0.39 is 17.4 Å². The van der Waals surface area contributed by atoms with Gasteiger partial charge in [-0.3, -0.25) is 4.79 Å². The lowest BCUT2D eigenvalue weighted by Crippen LogP contribution is -2.40. The molecule has 1 rings (SSSR count). The SMILES string of the molecule is CCOc1ccc(NC(=O)NCC(C)(C)C(=O)O)cc1. The lowest BCUT2D eigenvalue weighted by atomic mass is 9.94. The molecule has 0 fully saturated rings. The van der Waals surface area contributed by atoms with Crippen molar-refractivity contribution in [2.75, 3.05) is 18.5 Å². The Labute approximate surface area is 118 Å². The Morgan fingerprint density at radius 3 is 2.35 bits per heavy atom. The van der Waals surface area contributed by atoms with Crippen LogP contribution in [0.25, 0.3) is 0 Å². The Morgan fingerprint density at radius 2 is 1.85 bits per heavy atom. The van der Waals surface area contributed by atoms with E-state index in [1.54, 1.807) is 38.1 Å². The van der Waals surface area contributed by atoms with E-state index in [1.165, 1.54) is 0 Å². The van der Waals surface area contributed by atoms with Crippen LogP contribution >= 0.6 is 0 Å². The van der Waals surface area contributed by atoms with Gasteiger partial charge in [0.25, 0.3) is 0 Å². The molecule has 0 aliphatic heterocycles. The van der Waals surface area contributed by atoms with Crippen LogP contribution in [0.4, 0.5) is 10.5 Å². The number of rotatable bonds is 6. The molecule has 0 aromatic heterocycles. The fraction of sp³-hybridized carbons (Fsp3) is 0.429. The molecule has 6 nitrogen and oxygen atoms in total. The van der Waals surface area contributed by atoms with Gasteiger partial charge in [0.2, 0.25) is 0 Å². The predicted molar refractivity (Wildman–Crippen MR) is 76.0 cm³/mol. The molecule has 110 valence electrons. The van der Waals surface area contributed by atoms with Crippen LogP contribution in [0.5, 0.6) is 5.75 Å². The third-order valence-corrected chi connectivity index (χ3v) is 2.69. The molecule has 0 saturated carbocycles. The first-order chi connectivity index (χ1) is 9.35. The second kappa shape index (κ2) is 6.79. The number of hydrogen-bond acceptors (Lipinski definition) is 3. The summed E-state index contributed by atoms with van der Waals surface area (Å²) in [6.07, 6.45) is 0. The van der Waals surface area contributed by atoms with Crippen LogP contribution in [0.3, 0.4) is 0 Å². The zero-order valence-corrected chi connectivity index (χ0v) is 11.9. The van der Waals surface area contributed by atoms with E-state index in [9.17, 15) is 9.59 Å². The summed E-state index contributed by atoms with van der Waals surface area (Å²) in [5.41, 5.74) is -0.394. The Morgan fingerprint density at radius 1 is 1.25 bits per heavy atom. The number of anilines is 1. The molecule has 0 saturated heterocycles. The van der Waals surface area contributed by atoms with Crippen LogP contribution in [-0.4, -0.2) is 30.3 Å². The maximum Gasteiger partial charge on any atom is 0.319 e. The number of carbonyl (C=O) groups is 2. The topological polar surface area (TPSA) is 87.7 Å². The molecule has 0 aliphatic rings. The monoisotopic (exact) mass is 280 g/mol. The second-order valence-electron chi connectivity index (χ2n) is 4.95. The molecule has 1 aromatic rings. The Hall–Kier alpha value is -2.24. The van der Waals surface area contributed by atoms with Crippen molar-refractivity contribution < 1.29 is 19.4 Å². The summed E-state index contributed by atoms with van der Waals surface area (Å²) in [6.45, 7) is 5.62. The van der Waals surface area contributed by atoms with Gasteiger partial charge in [-0.1, -0.05) is 0 Å². The van der Waals surface area contributed by atoms with Gasteiger partial charge in [0.15, 0.2) is 0 Å². The summed E-state index contributed by atoms with van der Waals surface area (Å²) in [5.74, 6) is -0.232. The fourth-order valence-electron chi connectivity index (χ4n) is 1.35. The lowest BCUT2D eigenvalue weighted by Gasteiger charge is -2.19. The molecular formula is C14H20N2O4. The van der Waals surface area contributed by atoms with E-state index in [4.69, 9.17) is 9.84 Å². The summed E-state index contributed by atoms with van der Waals surface area (Å²) < 4.78 is 5.29. The van der Waals surface area contributed by atoms with E-state index in [0.717, 1.165) is 5.75 Å². The molecule has 0 bridgehead atoms. The molecular weight excluding hydrogens is 260 g/mol. The van der Waals surface area contributed by atoms with Crippen molar-refractivity contribution in [2.24, 2.45) is 5.41 Å². The number of amides is 2. The van der Waals surface area contributed by atoms with Crippen molar-refractivity contribution in [2.45, 2.75) is 20.8 Å². The average Bonchev–Trinajstić information content (AvgIpc) is 2.39. The normalized spacial score (nSPS) is 10.8. The van der Waals surface area contributed by atoms with Gasteiger partial charge < -0.3 is 20.5 Å². The summed E-state index contributed by atoms with van der Waals surface area (Å²) >= 11 is 0. The standard InChI is InChI=1S/C14H20N2O4/c1-4-20-11-7-5-10(6-8-11)16-13(19)15-9-14(2,3)12(17)18/h5-8H,4,9H2,1-3H3,(H,17,18)(H2,15,16,19). The molecule has 0 atom stereocenters. The number of ether oxygens (including phenoxy) is 1. The largest absolute Gasteiger partial charge is 0.494 e. The molecule has 3 N–H and O–H groups in total. The maximum absolute atomic E-state index is 11.6. The molecule has 20 heavy (non-hydrogen) atoms. The van der Waals surface area contributed by atoms with Crippen molar-refractivity contribution in [1.29, 1.82) is 0 Å². The van der Waals surface area contributed by atoms with Crippen molar-refractivity contribution in [3.05, 3.63) is 24.3 Å². The van der Waals surface area contributed by atoms with E-state index >= 15 is 0 Å². The highest BCUT2D eigenvalue weighted by Gasteiger charge is 2.27. The van der Waals surface area contributed by atoms with Gasteiger partial charge in [0.1, 0.15) is 5.75 Å². The van der Waals surface area contributed by atoms with Crippen LogP contribution in [0.2, 0.25) is 0 Å². The van der Waals surface area contributed by atoms with Gasteiger partial charge in [-0.2, -0.15) is 0 Å². The predicted octanol–water partition coefficient (Wildman–Crippen LogP) is 2.32. The van der Waals surface area contributed by atoms with Gasteiger partial charge in [0.05, 0.1) is 12.0 Å². The number of aliphatic carboxylic acids is 1. The van der Waals surface area contributed by atoms with Gasteiger partial charge >= 0.3 is 12.0 Å². The smallest absolute Gasteiger partial charge is 0.319 e. The van der Waals surface area contributed by atoms with Gasteiger partial charge in [-0.05, 0) is 45.0 Å². The lowest BCUT2D eigenvalue weighted by molar-refractivity contribution is -0.146. The number of benzene rings is 1. The molecule has 0 heterocycles. The maximum atomic E-state index is 11.6. The molecule has 0 spiro atoms. The first kappa shape index (κ1) is 15.8. The van der Waals surface area contributed by atoms with Gasteiger partial charge in [-0.25, -0.2) is 4.79 Å². The number of urea groups is 1. The Bertz CT molecular complexity index is 469. The Balaban J connectivity index is 2.48. The summed E-state index contributed by atoms with van der Waals surface area (Å²) in [5, 5.41) is 14.1. The Kier molecular flexibility index (Phi) is 5.37. The highest BCUT2D eigenvalue weighted by Crippen LogP contribution is 2.16. The summed E-state index contributed by atoms with van der Waals surface area (Å²) in [6, 6.07) is 6.49. The van der Waals surface area contributed by atoms with Gasteiger partial charge in [0, 0.05) is 12.2 Å². The highest BCUT2D eigenvalue weighted by atomic mass is 16.5. The zero-order chi connectivity index (χ0) is 15.2. The van der Waals surface area contributed by atoms with E-state index in [2.05, 4.69) is 10.6 Å². The third kappa shape index (κ3) is 4.79. The molecule has 2 amide bonds. The summed E-state index contributed by atoms with van der Waals surface area (Å²) in [4.78, 5) is 22.6. The van der Waals surface area contributed by atoms with E-state index in [1.807, 2.05) is 6.92 Å². The first-order valence-corrected chi connectivity index (χ1v) is 6.36. The van der Waals surface area contributed by atoms with Crippen LogP contribution in [0.15, 0.2) is 24.3 Å². The molecule has 0 unspecified atom stereocenters. The number of carboxylic acid groups (broad SMARTS) is 1. The van der Waals surface area contributed by atoms with Crippen LogP contribution in [0, 0.1) is 5.41 Å². The van der Waals surface area contributed by atoms with Crippen molar-refractivity contribution in [3.63, 3.8) is 0 Å². The summed E-state index contributed by atoms with van der Waals surface area (Å²) in [7, 11) is 0. The van der Waals surface area contributed by atoms with Crippen LogP contribution in [0.1, 0.15) is 20.8 Å². The second-order valence-corrected chi connectivity index (χ2v) is 4.95. The van der Waals surface area contributed by atoms with Crippen molar-refractivity contribution in [3.8, 4) is 5.75 Å². The van der Waals surface area contributed by atoms with E-state index in [-0.39, 0.29) is 6.54 Å². The molecule has 0 radical (unpaired) electrons. The van der Waals surface area contributed by atoms with E-state index in [0.29, 0.717) is 12.3 Å². The van der Waals surface area contributed by atoms with Crippen LogP contribution in [-0.2, 0) is 4.79 Å². The number of carbonyl (C=O) groups excluding carboxylic acids is 1. The minimum atomic E-state index is -1.00. The third-order valence-electron chi connectivity index (χ3n) is 2.69. The highest BCUT2D eigenvalue weighted by molar-refractivity contribution is 5.89. The quantitative estimate of drug-likeness (QED) is 0.746. The fourth-order valence-corrected chi connectivity index (χ4v) is 1.35. The number of carboxylic acids is 1. The van der Waals surface area contributed by atoms with Crippen molar-refractivity contribution >= 4 is 17.7 Å². The first-order valence-electron chi connectivity index (χ1n) is 6.36. The average molecular weight is 280 g/mol. The zero-order valence-electron chi connectivity index (χ0n) is 11.9. The minimum absolute atomic E-state index is 0.0468.